The van der Waals surface area contributed by atoms with E-state index in [0.29, 0.717) is 12.8 Å². The second-order valence-corrected chi connectivity index (χ2v) is 4.63. The standard InChI is InChI=1S/C14H21N3O2/c1-3-12(9-13(15)17-19)16-14(18)8-11-6-4-10(2)5-7-11/h4-7,12,19H,3,8-9H2,1-2H3,(H2,15,17)(H,16,18). The first-order chi connectivity index (χ1) is 9.05. The maximum atomic E-state index is 11.9. The summed E-state index contributed by atoms with van der Waals surface area (Å²) in [6.07, 6.45) is 1.43. The van der Waals surface area contributed by atoms with Crippen LogP contribution in [-0.4, -0.2) is 23.0 Å². The summed E-state index contributed by atoms with van der Waals surface area (Å²) >= 11 is 0. The fourth-order valence-electron chi connectivity index (χ4n) is 1.76. The number of carbonyl (C=O) groups excluding carboxylic acids is 1. The van der Waals surface area contributed by atoms with Crippen molar-refractivity contribution in [1.29, 1.82) is 0 Å². The number of nitrogens with one attached hydrogen (secondary N) is 1. The Morgan fingerprint density at radius 2 is 2.05 bits per heavy atom. The molecule has 1 atom stereocenters. The van der Waals surface area contributed by atoms with Gasteiger partial charge in [0.15, 0.2) is 0 Å². The molecule has 0 saturated carbocycles. The van der Waals surface area contributed by atoms with E-state index in [4.69, 9.17) is 10.9 Å². The van der Waals surface area contributed by atoms with Gasteiger partial charge in [-0.25, -0.2) is 0 Å². The molecule has 4 N–H and O–H groups in total. The van der Waals surface area contributed by atoms with E-state index in [0.717, 1.165) is 12.0 Å². The zero-order chi connectivity index (χ0) is 14.3. The largest absolute Gasteiger partial charge is 0.409 e. The Bertz CT molecular complexity index is 441. The van der Waals surface area contributed by atoms with Crippen molar-refractivity contribution in [3.05, 3.63) is 35.4 Å². The Kier molecular flexibility index (Phi) is 5.85. The van der Waals surface area contributed by atoms with E-state index in [1.165, 1.54) is 5.56 Å². The van der Waals surface area contributed by atoms with Crippen LogP contribution in [0.1, 0.15) is 30.9 Å². The van der Waals surface area contributed by atoms with Gasteiger partial charge >= 0.3 is 0 Å². The summed E-state index contributed by atoms with van der Waals surface area (Å²) in [5.41, 5.74) is 7.59. The molecule has 1 aromatic rings. The fraction of sp³-hybridized carbons (Fsp3) is 0.429. The van der Waals surface area contributed by atoms with Crippen LogP contribution in [0.2, 0.25) is 0 Å². The van der Waals surface area contributed by atoms with Crippen molar-refractivity contribution in [3.8, 4) is 0 Å². The number of hydrogen-bond donors (Lipinski definition) is 3. The van der Waals surface area contributed by atoms with Crippen molar-refractivity contribution in [2.45, 2.75) is 39.2 Å². The molecular formula is C14H21N3O2. The highest BCUT2D eigenvalue weighted by Crippen LogP contribution is 2.05. The normalized spacial score (nSPS) is 13.1. The molecule has 0 bridgehead atoms. The molecule has 0 aliphatic heterocycles. The summed E-state index contributed by atoms with van der Waals surface area (Å²) in [7, 11) is 0. The minimum absolute atomic E-state index is 0.0542. The average molecular weight is 263 g/mol. The minimum atomic E-state index is -0.103. The van der Waals surface area contributed by atoms with Crippen LogP contribution >= 0.6 is 0 Å². The van der Waals surface area contributed by atoms with Crippen LogP contribution in [0.15, 0.2) is 29.4 Å². The summed E-state index contributed by atoms with van der Waals surface area (Å²) in [4.78, 5) is 11.9. The molecular weight excluding hydrogens is 242 g/mol. The number of amides is 1. The molecule has 1 amide bonds. The summed E-state index contributed by atoms with van der Waals surface area (Å²) in [5, 5.41) is 14.3. The van der Waals surface area contributed by atoms with Gasteiger partial charge in [0, 0.05) is 12.5 Å². The molecule has 1 aromatic carbocycles. The zero-order valence-electron chi connectivity index (χ0n) is 11.4. The lowest BCUT2D eigenvalue weighted by Crippen LogP contribution is -2.38. The summed E-state index contributed by atoms with van der Waals surface area (Å²) in [6, 6.07) is 7.75. The lowest BCUT2D eigenvalue weighted by atomic mass is 10.1. The van der Waals surface area contributed by atoms with Gasteiger partial charge in [-0.3, -0.25) is 4.79 Å². The molecule has 5 nitrogen and oxygen atoms in total. The van der Waals surface area contributed by atoms with Crippen molar-refractivity contribution < 1.29 is 10.0 Å². The van der Waals surface area contributed by atoms with Gasteiger partial charge < -0.3 is 16.3 Å². The molecule has 104 valence electrons. The highest BCUT2D eigenvalue weighted by Gasteiger charge is 2.12. The third-order valence-electron chi connectivity index (χ3n) is 2.93. The minimum Gasteiger partial charge on any atom is -0.409 e. The van der Waals surface area contributed by atoms with Gasteiger partial charge in [0.05, 0.1) is 6.42 Å². The second kappa shape index (κ2) is 7.41. The van der Waals surface area contributed by atoms with E-state index >= 15 is 0 Å². The highest BCUT2D eigenvalue weighted by molar-refractivity contribution is 5.82. The molecule has 0 heterocycles. The second-order valence-electron chi connectivity index (χ2n) is 4.63. The van der Waals surface area contributed by atoms with Gasteiger partial charge in [0.2, 0.25) is 5.91 Å². The van der Waals surface area contributed by atoms with Gasteiger partial charge in [-0.05, 0) is 18.9 Å². The number of hydrogen-bond acceptors (Lipinski definition) is 3. The van der Waals surface area contributed by atoms with Gasteiger partial charge in [-0.2, -0.15) is 0 Å². The lowest BCUT2D eigenvalue weighted by Gasteiger charge is -2.16. The van der Waals surface area contributed by atoms with E-state index in [-0.39, 0.29) is 17.8 Å². The number of rotatable bonds is 6. The molecule has 1 unspecified atom stereocenters. The van der Waals surface area contributed by atoms with E-state index in [1.807, 2.05) is 38.1 Å². The maximum Gasteiger partial charge on any atom is 0.224 e. The van der Waals surface area contributed by atoms with Crippen LogP contribution in [-0.2, 0) is 11.2 Å². The van der Waals surface area contributed by atoms with Crippen LogP contribution < -0.4 is 11.1 Å². The number of oxime groups is 1. The molecule has 0 saturated heterocycles. The molecule has 0 spiro atoms. The summed E-state index contributed by atoms with van der Waals surface area (Å²) in [6.45, 7) is 3.95. The van der Waals surface area contributed by atoms with E-state index in [1.54, 1.807) is 0 Å². The topological polar surface area (TPSA) is 87.7 Å². The number of benzene rings is 1. The van der Waals surface area contributed by atoms with Gasteiger partial charge in [-0.1, -0.05) is 41.9 Å². The number of carbonyl (C=O) groups is 1. The van der Waals surface area contributed by atoms with Crippen LogP contribution in [0.5, 0.6) is 0 Å². The first-order valence-electron chi connectivity index (χ1n) is 6.36. The van der Waals surface area contributed by atoms with Gasteiger partial charge in [-0.15, -0.1) is 0 Å². The predicted molar refractivity (Wildman–Crippen MR) is 75.1 cm³/mol. The fourth-order valence-corrected chi connectivity index (χ4v) is 1.76. The monoisotopic (exact) mass is 263 g/mol. The van der Waals surface area contributed by atoms with E-state index in [2.05, 4.69) is 10.5 Å². The number of aryl methyl sites for hydroxylation is 1. The Morgan fingerprint density at radius 3 is 2.58 bits per heavy atom. The third-order valence-corrected chi connectivity index (χ3v) is 2.93. The summed E-state index contributed by atoms with van der Waals surface area (Å²) < 4.78 is 0. The number of nitrogens with two attached hydrogens (primary N) is 1. The van der Waals surface area contributed by atoms with Crippen LogP contribution in [0, 0.1) is 6.92 Å². The van der Waals surface area contributed by atoms with E-state index in [9.17, 15) is 4.79 Å². The molecule has 0 aromatic heterocycles. The van der Waals surface area contributed by atoms with Crippen LogP contribution in [0.3, 0.4) is 0 Å². The molecule has 0 aliphatic carbocycles. The first kappa shape index (κ1) is 15.0. The average Bonchev–Trinajstić information content (AvgIpc) is 2.40. The zero-order valence-corrected chi connectivity index (χ0v) is 11.4. The Labute approximate surface area is 113 Å². The van der Waals surface area contributed by atoms with Gasteiger partial charge in [0.25, 0.3) is 0 Å². The molecule has 0 aliphatic rings. The smallest absolute Gasteiger partial charge is 0.224 e. The highest BCUT2D eigenvalue weighted by atomic mass is 16.4. The molecule has 0 fully saturated rings. The third kappa shape index (κ3) is 5.42. The maximum absolute atomic E-state index is 11.9. The summed E-state index contributed by atoms with van der Waals surface area (Å²) in [5.74, 6) is 0.0731. The van der Waals surface area contributed by atoms with E-state index < -0.39 is 0 Å². The van der Waals surface area contributed by atoms with Crippen molar-refractivity contribution in [2.24, 2.45) is 10.9 Å². The Balaban J connectivity index is 2.51. The van der Waals surface area contributed by atoms with Crippen molar-refractivity contribution in [2.75, 3.05) is 0 Å². The predicted octanol–water partition coefficient (Wildman–Crippen LogP) is 1.57. The lowest BCUT2D eigenvalue weighted by molar-refractivity contribution is -0.121. The quantitative estimate of drug-likeness (QED) is 0.315. The van der Waals surface area contributed by atoms with Crippen molar-refractivity contribution in [1.82, 2.24) is 5.32 Å². The molecule has 0 radical (unpaired) electrons. The van der Waals surface area contributed by atoms with Crippen molar-refractivity contribution in [3.63, 3.8) is 0 Å². The van der Waals surface area contributed by atoms with Crippen molar-refractivity contribution >= 4 is 11.7 Å². The van der Waals surface area contributed by atoms with Crippen LogP contribution in [0.25, 0.3) is 0 Å². The van der Waals surface area contributed by atoms with Gasteiger partial charge in [0.1, 0.15) is 5.84 Å². The van der Waals surface area contributed by atoms with Crippen LogP contribution in [0.4, 0.5) is 0 Å². The Hall–Kier alpha value is -2.04. The molecule has 1 rings (SSSR count). The first-order valence-corrected chi connectivity index (χ1v) is 6.36. The molecule has 19 heavy (non-hydrogen) atoms. The number of nitrogens with zero attached hydrogens (tertiary/aromatic N) is 1. The number of amidine groups is 1. The SMILES string of the molecule is CCC(CC(N)=NO)NC(=O)Cc1ccc(C)cc1. The Morgan fingerprint density at radius 1 is 1.42 bits per heavy atom. The molecule has 5 heteroatoms.